The quantitative estimate of drug-likeness (QED) is 0.406. The number of aromatic amines is 1. The molecule has 1 aromatic carbocycles. The summed E-state index contributed by atoms with van der Waals surface area (Å²) in [5.41, 5.74) is 6.19. The van der Waals surface area contributed by atoms with Gasteiger partial charge in [-0.05, 0) is 60.9 Å². The van der Waals surface area contributed by atoms with Crippen LogP contribution in [0.25, 0.3) is 16.6 Å². The summed E-state index contributed by atoms with van der Waals surface area (Å²) in [6.07, 6.45) is 8.01. The largest absolute Gasteiger partial charge is 0.495 e. The Balaban J connectivity index is 1.40. The van der Waals surface area contributed by atoms with Crippen LogP contribution in [-0.2, 0) is 4.79 Å². The highest BCUT2D eigenvalue weighted by Gasteiger charge is 2.28. The predicted molar refractivity (Wildman–Crippen MR) is 138 cm³/mol. The van der Waals surface area contributed by atoms with Crippen LogP contribution in [0.5, 0.6) is 5.75 Å². The molecule has 1 aliphatic heterocycles. The van der Waals surface area contributed by atoms with Crippen molar-refractivity contribution in [1.29, 1.82) is 0 Å². The third-order valence-corrected chi connectivity index (χ3v) is 7.42. The van der Waals surface area contributed by atoms with E-state index in [1.165, 1.54) is 18.4 Å². The van der Waals surface area contributed by atoms with Gasteiger partial charge in [-0.2, -0.15) is 0 Å². The van der Waals surface area contributed by atoms with Gasteiger partial charge in [-0.1, -0.05) is 31.5 Å². The Kier molecular flexibility index (Phi) is 6.26. The highest BCUT2D eigenvalue weighted by atomic mass is 35.5. The first-order valence-electron chi connectivity index (χ1n) is 12.1. The molecule has 178 valence electrons. The van der Waals surface area contributed by atoms with E-state index in [9.17, 15) is 4.79 Å². The van der Waals surface area contributed by atoms with Gasteiger partial charge >= 0.3 is 0 Å². The second-order valence-corrected chi connectivity index (χ2v) is 9.74. The summed E-state index contributed by atoms with van der Waals surface area (Å²) in [6, 6.07) is 8.22. The van der Waals surface area contributed by atoms with E-state index in [0.29, 0.717) is 23.2 Å². The highest BCUT2D eigenvalue weighted by Crippen LogP contribution is 2.47. The molecule has 1 unspecified atom stereocenters. The van der Waals surface area contributed by atoms with Gasteiger partial charge in [-0.3, -0.25) is 4.79 Å². The third kappa shape index (κ3) is 4.39. The average Bonchev–Trinajstić information content (AvgIpc) is 3.61. The highest BCUT2D eigenvalue weighted by molar-refractivity contribution is 6.33. The minimum Gasteiger partial charge on any atom is -0.495 e. The molecule has 1 amide bonds. The van der Waals surface area contributed by atoms with Crippen molar-refractivity contribution in [1.82, 2.24) is 14.9 Å². The van der Waals surface area contributed by atoms with Crippen LogP contribution in [-0.4, -0.2) is 41.0 Å². The van der Waals surface area contributed by atoms with Gasteiger partial charge in [-0.25, -0.2) is 4.98 Å². The molecule has 3 aromatic rings. The van der Waals surface area contributed by atoms with Gasteiger partial charge in [0.2, 0.25) is 5.91 Å². The number of nitrogens with one attached hydrogen (secondary N) is 2. The minimum atomic E-state index is 0.0766. The molecule has 0 radical (unpaired) electrons. The zero-order valence-electron chi connectivity index (χ0n) is 20.0. The van der Waals surface area contributed by atoms with E-state index in [-0.39, 0.29) is 11.8 Å². The maximum absolute atomic E-state index is 12.5. The van der Waals surface area contributed by atoms with Crippen molar-refractivity contribution in [3.05, 3.63) is 52.8 Å². The van der Waals surface area contributed by atoms with Gasteiger partial charge in [0.25, 0.3) is 0 Å². The first kappa shape index (κ1) is 22.8. The number of amides is 1. The Bertz CT molecular complexity index is 1260. The van der Waals surface area contributed by atoms with Gasteiger partial charge in [0.1, 0.15) is 11.4 Å². The second-order valence-electron chi connectivity index (χ2n) is 9.36. The number of ether oxygens (including phenoxy) is 1. The van der Waals surface area contributed by atoms with E-state index in [4.69, 9.17) is 16.3 Å². The number of hydrogen-bond donors (Lipinski definition) is 2. The summed E-state index contributed by atoms with van der Waals surface area (Å²) >= 11 is 6.56. The van der Waals surface area contributed by atoms with E-state index in [1.54, 1.807) is 7.11 Å². The molecule has 5 rings (SSSR count). The first-order chi connectivity index (χ1) is 16.5. The van der Waals surface area contributed by atoms with E-state index in [0.717, 1.165) is 53.1 Å². The summed E-state index contributed by atoms with van der Waals surface area (Å²) in [7, 11) is 1.65. The fourth-order valence-corrected chi connectivity index (χ4v) is 4.94. The van der Waals surface area contributed by atoms with Crippen molar-refractivity contribution >= 4 is 45.5 Å². The van der Waals surface area contributed by atoms with Crippen LogP contribution in [0.3, 0.4) is 0 Å². The lowest BCUT2D eigenvalue weighted by atomic mass is 10.0. The molecule has 0 saturated heterocycles. The third-order valence-electron chi connectivity index (χ3n) is 7.02. The maximum atomic E-state index is 12.5. The molecule has 7 heteroatoms. The van der Waals surface area contributed by atoms with Crippen LogP contribution in [0.4, 0.5) is 11.4 Å². The van der Waals surface area contributed by atoms with Gasteiger partial charge in [0.15, 0.2) is 0 Å². The lowest BCUT2D eigenvalue weighted by Crippen LogP contribution is -2.37. The Morgan fingerprint density at radius 3 is 2.85 bits per heavy atom. The summed E-state index contributed by atoms with van der Waals surface area (Å²) in [6.45, 7) is 5.46. The number of halogens is 1. The smallest absolute Gasteiger partial charge is 0.225 e. The standard InChI is InChI=1S/C27H31ClN4O2/c1-4-16(2)27(33)32-11-8-18(9-12-32)23-15-21-22(7-10-29-26(21)31-23)30-19-13-20(17-5-6-17)25(28)24(14-19)34-3/h7-8,10,13-17H,4-6,9,11-12H2,1-3H3,(H2,29,30,31). The van der Waals surface area contributed by atoms with Crippen LogP contribution in [0.1, 0.15) is 56.7 Å². The lowest BCUT2D eigenvalue weighted by Gasteiger charge is -2.28. The number of carbonyl (C=O) groups is 1. The number of methoxy groups -OCH3 is 1. The van der Waals surface area contributed by atoms with E-state index in [2.05, 4.69) is 40.4 Å². The molecule has 2 aliphatic rings. The number of anilines is 2. The second kappa shape index (κ2) is 9.34. The number of aromatic nitrogens is 2. The predicted octanol–water partition coefficient (Wildman–Crippen LogP) is 6.51. The Labute approximate surface area is 205 Å². The number of nitrogens with zero attached hydrogens (tertiary/aromatic N) is 2. The van der Waals surface area contributed by atoms with Crippen molar-refractivity contribution < 1.29 is 9.53 Å². The summed E-state index contributed by atoms with van der Waals surface area (Å²) in [5, 5.41) is 5.30. The molecule has 6 nitrogen and oxygen atoms in total. The SMILES string of the molecule is CCC(C)C(=O)N1CC=C(c2cc3c(Nc4cc(OC)c(Cl)c(C5CC5)c4)ccnc3[nH]2)CC1. The first-order valence-corrected chi connectivity index (χ1v) is 12.5. The number of benzene rings is 1. The number of pyridine rings is 1. The molecule has 1 atom stereocenters. The van der Waals surface area contributed by atoms with E-state index in [1.807, 2.05) is 30.2 Å². The molecule has 2 N–H and O–H groups in total. The van der Waals surface area contributed by atoms with Crippen molar-refractivity contribution in [3.8, 4) is 5.75 Å². The molecule has 0 spiro atoms. The molecule has 1 aliphatic carbocycles. The van der Waals surface area contributed by atoms with Crippen LogP contribution >= 0.6 is 11.6 Å². The maximum Gasteiger partial charge on any atom is 0.225 e. The number of carbonyl (C=O) groups excluding carboxylic acids is 1. The minimum absolute atomic E-state index is 0.0766. The van der Waals surface area contributed by atoms with Crippen LogP contribution in [0.15, 0.2) is 36.5 Å². The monoisotopic (exact) mass is 478 g/mol. The average molecular weight is 479 g/mol. The summed E-state index contributed by atoms with van der Waals surface area (Å²) in [5.74, 6) is 1.53. The molecular formula is C27H31ClN4O2. The van der Waals surface area contributed by atoms with Gasteiger partial charge in [0.05, 0.1) is 17.8 Å². The van der Waals surface area contributed by atoms with E-state index >= 15 is 0 Å². The molecule has 34 heavy (non-hydrogen) atoms. The fraction of sp³-hybridized carbons (Fsp3) is 0.407. The van der Waals surface area contributed by atoms with Gasteiger partial charge in [0, 0.05) is 48.0 Å². The van der Waals surface area contributed by atoms with Crippen LogP contribution < -0.4 is 10.1 Å². The van der Waals surface area contributed by atoms with Crippen molar-refractivity contribution in [3.63, 3.8) is 0 Å². The van der Waals surface area contributed by atoms with Crippen LogP contribution in [0, 0.1) is 5.92 Å². The lowest BCUT2D eigenvalue weighted by molar-refractivity contribution is -0.134. The molecule has 3 heterocycles. The Morgan fingerprint density at radius 1 is 1.35 bits per heavy atom. The Morgan fingerprint density at radius 2 is 2.18 bits per heavy atom. The summed E-state index contributed by atoms with van der Waals surface area (Å²) < 4.78 is 5.53. The molecular weight excluding hydrogens is 448 g/mol. The zero-order valence-corrected chi connectivity index (χ0v) is 20.7. The molecule has 0 bridgehead atoms. The molecule has 2 aromatic heterocycles. The zero-order chi connectivity index (χ0) is 23.8. The fourth-order valence-electron chi connectivity index (χ4n) is 4.60. The van der Waals surface area contributed by atoms with Crippen LogP contribution in [0.2, 0.25) is 5.02 Å². The Hall–Kier alpha value is -2.99. The number of hydrogen-bond acceptors (Lipinski definition) is 4. The number of fused-ring (bicyclic) bond motifs is 1. The van der Waals surface area contributed by atoms with Crippen molar-refractivity contribution in [2.24, 2.45) is 5.92 Å². The van der Waals surface area contributed by atoms with Crippen molar-refractivity contribution in [2.45, 2.75) is 45.4 Å². The topological polar surface area (TPSA) is 70.2 Å². The van der Waals surface area contributed by atoms with Gasteiger partial charge in [-0.15, -0.1) is 0 Å². The molecule has 1 fully saturated rings. The van der Waals surface area contributed by atoms with E-state index < -0.39 is 0 Å². The normalized spacial score (nSPS) is 16.9. The summed E-state index contributed by atoms with van der Waals surface area (Å²) in [4.78, 5) is 22.5. The van der Waals surface area contributed by atoms with Crippen molar-refractivity contribution in [2.75, 3.05) is 25.5 Å². The van der Waals surface area contributed by atoms with Gasteiger partial charge < -0.3 is 19.9 Å². The molecule has 1 saturated carbocycles. The number of rotatable bonds is 7. The number of H-pyrrole nitrogens is 1.